The predicted octanol–water partition coefficient (Wildman–Crippen LogP) is 5.22. The van der Waals surface area contributed by atoms with Gasteiger partial charge >= 0.3 is 0 Å². The van der Waals surface area contributed by atoms with Gasteiger partial charge in [0.05, 0.1) is 26.8 Å². The molecule has 0 radical (unpaired) electrons. The molecule has 1 aliphatic carbocycles. The number of benzene rings is 1. The second-order valence-corrected chi connectivity index (χ2v) is 7.48. The first-order chi connectivity index (χ1) is 13.5. The number of rotatable bonds is 4. The van der Waals surface area contributed by atoms with Gasteiger partial charge in [-0.2, -0.15) is 5.10 Å². The van der Waals surface area contributed by atoms with E-state index in [0.717, 1.165) is 10.6 Å². The maximum Gasteiger partial charge on any atom is 0.265 e. The van der Waals surface area contributed by atoms with Crippen molar-refractivity contribution in [1.82, 2.24) is 15.1 Å². The molecule has 1 N–H and O–H groups in total. The second kappa shape index (κ2) is 7.52. The smallest absolute Gasteiger partial charge is 0.265 e. The molecule has 0 saturated carbocycles. The van der Waals surface area contributed by atoms with E-state index < -0.39 is 0 Å². The summed E-state index contributed by atoms with van der Waals surface area (Å²) in [5.41, 5.74) is 1.93. The predicted molar refractivity (Wildman–Crippen MR) is 106 cm³/mol. The lowest BCUT2D eigenvalue weighted by Gasteiger charge is -2.10. The molecular weight excluding hydrogens is 380 g/mol. The lowest BCUT2D eigenvalue weighted by atomic mass is 10.1. The molecular formula is C21H17F2N3OS. The van der Waals surface area contributed by atoms with Crippen LogP contribution in [0.1, 0.15) is 22.5 Å². The molecule has 2 heterocycles. The van der Waals surface area contributed by atoms with E-state index in [1.807, 2.05) is 12.1 Å². The third-order valence-electron chi connectivity index (χ3n) is 4.47. The topological polar surface area (TPSA) is 46.9 Å². The molecule has 0 unspecified atom stereocenters. The van der Waals surface area contributed by atoms with Crippen LogP contribution in [-0.4, -0.2) is 15.7 Å². The maximum absolute atomic E-state index is 14.0. The summed E-state index contributed by atoms with van der Waals surface area (Å²) in [5, 5.41) is 7.01. The van der Waals surface area contributed by atoms with Crippen molar-refractivity contribution in [2.45, 2.75) is 12.8 Å². The summed E-state index contributed by atoms with van der Waals surface area (Å²) < 4.78 is 29.5. The first kappa shape index (κ1) is 18.3. The number of nitrogens with one attached hydrogen (secondary N) is 1. The van der Waals surface area contributed by atoms with Gasteiger partial charge in [-0.15, -0.1) is 11.3 Å². The molecule has 7 heteroatoms. The highest BCUT2D eigenvalue weighted by atomic mass is 32.1. The van der Waals surface area contributed by atoms with Crippen LogP contribution in [0.4, 0.5) is 8.78 Å². The number of hydrogen-bond donors (Lipinski definition) is 1. The van der Waals surface area contributed by atoms with Crippen LogP contribution in [0, 0.1) is 5.82 Å². The van der Waals surface area contributed by atoms with Crippen molar-refractivity contribution in [3.8, 4) is 21.8 Å². The highest BCUT2D eigenvalue weighted by molar-refractivity contribution is 7.17. The van der Waals surface area contributed by atoms with Crippen molar-refractivity contribution < 1.29 is 13.6 Å². The molecule has 1 amide bonds. The number of aromatic nitrogens is 2. The lowest BCUT2D eigenvalue weighted by molar-refractivity contribution is 0.0969. The SMILES string of the molecule is Cn1nc(-c2ccccc2F)cc1-c1ccc(C(=O)NC2=C(F)CCC=C2)s1. The minimum absolute atomic E-state index is 0.216. The fraction of sp³-hybridized carbons (Fsp3) is 0.143. The molecule has 142 valence electrons. The zero-order valence-electron chi connectivity index (χ0n) is 15.1. The third-order valence-corrected chi connectivity index (χ3v) is 5.57. The zero-order valence-corrected chi connectivity index (χ0v) is 15.9. The molecule has 1 aromatic carbocycles. The highest BCUT2D eigenvalue weighted by Gasteiger charge is 2.17. The summed E-state index contributed by atoms with van der Waals surface area (Å²) in [7, 11) is 1.77. The summed E-state index contributed by atoms with van der Waals surface area (Å²) in [6, 6.07) is 11.7. The van der Waals surface area contributed by atoms with Crippen molar-refractivity contribution in [2.75, 3.05) is 0 Å². The Balaban J connectivity index is 1.59. The van der Waals surface area contributed by atoms with Crippen LogP contribution in [0.5, 0.6) is 0 Å². The van der Waals surface area contributed by atoms with E-state index in [2.05, 4.69) is 10.4 Å². The van der Waals surface area contributed by atoms with Gasteiger partial charge in [0, 0.05) is 19.0 Å². The quantitative estimate of drug-likeness (QED) is 0.656. The third kappa shape index (κ3) is 3.53. The molecule has 4 nitrogen and oxygen atoms in total. The van der Waals surface area contributed by atoms with Gasteiger partial charge in [0.25, 0.3) is 5.91 Å². The van der Waals surface area contributed by atoms with Crippen LogP contribution in [0.15, 0.2) is 66.1 Å². The highest BCUT2D eigenvalue weighted by Crippen LogP contribution is 2.32. The Hall–Kier alpha value is -3.06. The summed E-state index contributed by atoms with van der Waals surface area (Å²) in [5.74, 6) is -1.01. The van der Waals surface area contributed by atoms with Gasteiger partial charge in [0.1, 0.15) is 11.6 Å². The number of halogens is 2. The van der Waals surface area contributed by atoms with E-state index in [9.17, 15) is 13.6 Å². The van der Waals surface area contributed by atoms with Crippen molar-refractivity contribution >= 4 is 17.2 Å². The lowest BCUT2D eigenvalue weighted by Crippen LogP contribution is -2.22. The molecule has 28 heavy (non-hydrogen) atoms. The van der Waals surface area contributed by atoms with Crippen molar-refractivity contribution in [2.24, 2.45) is 7.05 Å². The molecule has 0 bridgehead atoms. The number of allylic oxidation sites excluding steroid dienone is 3. The average Bonchev–Trinajstić information content (AvgIpc) is 3.31. The molecule has 0 aliphatic heterocycles. The Morgan fingerprint density at radius 2 is 2.04 bits per heavy atom. The monoisotopic (exact) mass is 397 g/mol. The maximum atomic E-state index is 14.0. The number of nitrogens with zero attached hydrogens (tertiary/aromatic N) is 2. The van der Waals surface area contributed by atoms with Crippen LogP contribution in [0.2, 0.25) is 0 Å². The molecule has 3 aromatic rings. The largest absolute Gasteiger partial charge is 0.319 e. The Bertz CT molecular complexity index is 1110. The number of aryl methyl sites for hydroxylation is 1. The molecule has 4 rings (SSSR count). The molecule has 0 atom stereocenters. The van der Waals surface area contributed by atoms with E-state index in [-0.39, 0.29) is 23.2 Å². The molecule has 1 aliphatic rings. The zero-order chi connectivity index (χ0) is 19.7. The van der Waals surface area contributed by atoms with Gasteiger partial charge in [-0.1, -0.05) is 18.2 Å². The number of thiophene rings is 1. The number of hydrogen-bond acceptors (Lipinski definition) is 3. The van der Waals surface area contributed by atoms with Gasteiger partial charge in [0.15, 0.2) is 0 Å². The fourth-order valence-electron chi connectivity index (χ4n) is 3.03. The first-order valence-corrected chi connectivity index (χ1v) is 9.60. The summed E-state index contributed by atoms with van der Waals surface area (Å²) in [6.45, 7) is 0. The van der Waals surface area contributed by atoms with E-state index in [1.165, 1.54) is 17.4 Å². The van der Waals surface area contributed by atoms with Crippen molar-refractivity contribution in [1.29, 1.82) is 0 Å². The summed E-state index contributed by atoms with van der Waals surface area (Å²) in [4.78, 5) is 13.7. The molecule has 0 fully saturated rings. The van der Waals surface area contributed by atoms with E-state index in [4.69, 9.17) is 0 Å². The van der Waals surface area contributed by atoms with E-state index >= 15 is 0 Å². The van der Waals surface area contributed by atoms with Crippen LogP contribution in [-0.2, 0) is 7.05 Å². The number of carbonyl (C=O) groups is 1. The Morgan fingerprint density at radius 3 is 2.82 bits per heavy atom. The first-order valence-electron chi connectivity index (χ1n) is 8.78. The van der Waals surface area contributed by atoms with Gasteiger partial charge in [-0.05, 0) is 42.8 Å². The normalized spacial score (nSPS) is 13.8. The molecule has 0 spiro atoms. The van der Waals surface area contributed by atoms with Gasteiger partial charge in [-0.3, -0.25) is 9.48 Å². The van der Waals surface area contributed by atoms with Crippen molar-refractivity contribution in [3.05, 3.63) is 76.8 Å². The van der Waals surface area contributed by atoms with Crippen LogP contribution < -0.4 is 5.32 Å². The van der Waals surface area contributed by atoms with Gasteiger partial charge in [0.2, 0.25) is 0 Å². The minimum Gasteiger partial charge on any atom is -0.319 e. The van der Waals surface area contributed by atoms with E-state index in [1.54, 1.807) is 48.1 Å². The van der Waals surface area contributed by atoms with Gasteiger partial charge in [-0.25, -0.2) is 8.78 Å². The Labute approximate surface area is 164 Å². The average molecular weight is 397 g/mol. The fourth-order valence-corrected chi connectivity index (χ4v) is 3.97. The summed E-state index contributed by atoms with van der Waals surface area (Å²) >= 11 is 1.28. The molecule has 2 aromatic heterocycles. The number of amides is 1. The number of carbonyl (C=O) groups excluding carboxylic acids is 1. The Morgan fingerprint density at radius 1 is 1.21 bits per heavy atom. The standard InChI is InChI=1S/C21H17F2N3OS/c1-26-18(12-17(25-26)13-6-2-3-7-14(13)22)19-10-11-20(28-19)21(27)24-16-9-5-4-8-15(16)23/h2-3,5-7,9-12H,4,8H2,1H3,(H,24,27). The van der Waals surface area contributed by atoms with Crippen LogP contribution in [0.3, 0.4) is 0 Å². The van der Waals surface area contributed by atoms with Crippen LogP contribution in [0.25, 0.3) is 21.8 Å². The summed E-state index contributed by atoms with van der Waals surface area (Å²) in [6.07, 6.45) is 4.36. The molecule has 0 saturated heterocycles. The minimum atomic E-state index is -0.357. The van der Waals surface area contributed by atoms with Crippen molar-refractivity contribution in [3.63, 3.8) is 0 Å². The second-order valence-electron chi connectivity index (χ2n) is 6.40. The van der Waals surface area contributed by atoms with E-state index in [0.29, 0.717) is 29.0 Å². The van der Waals surface area contributed by atoms with Gasteiger partial charge < -0.3 is 5.32 Å². The Kier molecular flexibility index (Phi) is 4.92. The van der Waals surface area contributed by atoms with Crippen LogP contribution >= 0.6 is 11.3 Å².